The minimum Gasteiger partial charge on any atom is -0.476 e. The number of nitrogen functional groups attached to an aromatic ring is 1. The monoisotopic (exact) mass is 203 g/mol. The molecule has 0 saturated heterocycles. The third-order valence-electron chi connectivity index (χ3n) is 1.86. The molecule has 0 bridgehead atoms. The van der Waals surface area contributed by atoms with Crippen molar-refractivity contribution in [2.75, 3.05) is 5.73 Å². The van der Waals surface area contributed by atoms with E-state index in [1.807, 2.05) is 6.07 Å². The van der Waals surface area contributed by atoms with Crippen molar-refractivity contribution in [3.8, 4) is 6.07 Å². The van der Waals surface area contributed by atoms with Crippen molar-refractivity contribution in [2.45, 2.75) is 0 Å². The second-order valence-corrected chi connectivity index (χ2v) is 2.78. The Morgan fingerprint density at radius 2 is 2.40 bits per heavy atom. The number of carboxylic acid groups (broad SMARTS) is 1. The van der Waals surface area contributed by atoms with Crippen molar-refractivity contribution in [3.63, 3.8) is 0 Å². The van der Waals surface area contributed by atoms with Gasteiger partial charge in [-0.05, 0) is 0 Å². The lowest BCUT2D eigenvalue weighted by atomic mass is 10.3. The lowest BCUT2D eigenvalue weighted by Crippen LogP contribution is -2.06. The molecule has 3 N–H and O–H groups in total. The molecule has 0 aromatic carbocycles. The standard InChI is InChI=1S/C8H5N5O2/c9-1-4-6-7(10)12-5(8(14)15)2-13(6)3-11-4/h2-3H,(H2,10,12)(H,14,15). The fraction of sp³-hybridized carbons (Fsp3) is 0. The fourth-order valence-electron chi connectivity index (χ4n) is 1.24. The van der Waals surface area contributed by atoms with Gasteiger partial charge in [0, 0.05) is 6.20 Å². The normalized spacial score (nSPS) is 10.1. The first-order chi connectivity index (χ1) is 7.13. The Morgan fingerprint density at radius 1 is 1.67 bits per heavy atom. The number of imidazole rings is 1. The number of aromatic nitrogens is 3. The third kappa shape index (κ3) is 1.24. The first-order valence-electron chi connectivity index (χ1n) is 3.90. The second kappa shape index (κ2) is 2.95. The highest BCUT2D eigenvalue weighted by molar-refractivity contribution is 5.87. The van der Waals surface area contributed by atoms with Gasteiger partial charge in [-0.25, -0.2) is 14.8 Å². The number of fused-ring (bicyclic) bond motifs is 1. The molecule has 7 heteroatoms. The zero-order valence-corrected chi connectivity index (χ0v) is 7.38. The first kappa shape index (κ1) is 8.96. The number of nitrogens with zero attached hydrogens (tertiary/aromatic N) is 4. The van der Waals surface area contributed by atoms with Crippen LogP contribution in [0.5, 0.6) is 0 Å². The van der Waals surface area contributed by atoms with Gasteiger partial charge in [0.25, 0.3) is 0 Å². The zero-order valence-electron chi connectivity index (χ0n) is 7.38. The molecule has 2 aromatic heterocycles. The van der Waals surface area contributed by atoms with E-state index in [1.54, 1.807) is 0 Å². The summed E-state index contributed by atoms with van der Waals surface area (Å²) in [5.41, 5.74) is 5.78. The molecule has 15 heavy (non-hydrogen) atoms. The maximum atomic E-state index is 10.7. The van der Waals surface area contributed by atoms with Gasteiger partial charge in [0.2, 0.25) is 0 Å². The molecule has 0 unspecified atom stereocenters. The maximum Gasteiger partial charge on any atom is 0.356 e. The van der Waals surface area contributed by atoms with E-state index in [1.165, 1.54) is 16.9 Å². The summed E-state index contributed by atoms with van der Waals surface area (Å²) >= 11 is 0. The zero-order chi connectivity index (χ0) is 11.0. The Hall–Kier alpha value is -2.62. The van der Waals surface area contributed by atoms with Crippen LogP contribution in [0.15, 0.2) is 12.5 Å². The van der Waals surface area contributed by atoms with Crippen LogP contribution in [0.2, 0.25) is 0 Å². The van der Waals surface area contributed by atoms with E-state index in [4.69, 9.17) is 16.1 Å². The van der Waals surface area contributed by atoms with Crippen LogP contribution in [0, 0.1) is 11.3 Å². The molecule has 2 aromatic rings. The Morgan fingerprint density at radius 3 is 3.00 bits per heavy atom. The van der Waals surface area contributed by atoms with E-state index >= 15 is 0 Å². The van der Waals surface area contributed by atoms with Gasteiger partial charge >= 0.3 is 5.97 Å². The Kier molecular flexibility index (Phi) is 1.76. The molecule has 2 rings (SSSR count). The summed E-state index contributed by atoms with van der Waals surface area (Å²) in [6, 6.07) is 1.84. The van der Waals surface area contributed by atoms with Gasteiger partial charge in [0.1, 0.15) is 17.9 Å². The molecular weight excluding hydrogens is 198 g/mol. The summed E-state index contributed by atoms with van der Waals surface area (Å²) in [6.45, 7) is 0. The summed E-state index contributed by atoms with van der Waals surface area (Å²) in [5.74, 6) is -1.21. The summed E-state index contributed by atoms with van der Waals surface area (Å²) in [5, 5.41) is 17.4. The highest BCUT2D eigenvalue weighted by Gasteiger charge is 2.13. The molecule has 0 radical (unpaired) electrons. The van der Waals surface area contributed by atoms with Crippen LogP contribution in [-0.4, -0.2) is 25.4 Å². The quantitative estimate of drug-likeness (QED) is 0.667. The van der Waals surface area contributed by atoms with Crippen molar-refractivity contribution in [1.82, 2.24) is 14.4 Å². The van der Waals surface area contributed by atoms with Crippen molar-refractivity contribution in [2.24, 2.45) is 0 Å². The summed E-state index contributed by atoms with van der Waals surface area (Å²) < 4.78 is 1.37. The minimum absolute atomic E-state index is 0.0241. The summed E-state index contributed by atoms with van der Waals surface area (Å²) in [4.78, 5) is 18.1. The Bertz CT molecular complexity index is 595. The van der Waals surface area contributed by atoms with Crippen LogP contribution in [-0.2, 0) is 0 Å². The Labute approximate surface area is 83.4 Å². The fourth-order valence-corrected chi connectivity index (χ4v) is 1.24. The van der Waals surface area contributed by atoms with Gasteiger partial charge in [0.05, 0.1) is 0 Å². The summed E-state index contributed by atoms with van der Waals surface area (Å²) in [7, 11) is 0. The number of hydrogen-bond acceptors (Lipinski definition) is 5. The van der Waals surface area contributed by atoms with Crippen LogP contribution >= 0.6 is 0 Å². The first-order valence-corrected chi connectivity index (χ1v) is 3.90. The van der Waals surface area contributed by atoms with Crippen LogP contribution in [0.1, 0.15) is 16.2 Å². The van der Waals surface area contributed by atoms with Crippen molar-refractivity contribution in [3.05, 3.63) is 23.9 Å². The van der Waals surface area contributed by atoms with E-state index in [2.05, 4.69) is 9.97 Å². The smallest absolute Gasteiger partial charge is 0.356 e. The van der Waals surface area contributed by atoms with E-state index < -0.39 is 5.97 Å². The van der Waals surface area contributed by atoms with Gasteiger partial charge in [-0.2, -0.15) is 5.26 Å². The molecule has 0 amide bonds. The molecule has 0 aliphatic rings. The van der Waals surface area contributed by atoms with Crippen molar-refractivity contribution in [1.29, 1.82) is 5.26 Å². The molecule has 0 atom stereocenters. The summed E-state index contributed by atoms with van der Waals surface area (Å²) in [6.07, 6.45) is 2.57. The number of carboxylic acids is 1. The number of nitrogens with two attached hydrogens (primary N) is 1. The van der Waals surface area contributed by atoms with Crippen molar-refractivity contribution < 1.29 is 9.90 Å². The predicted molar refractivity (Wildman–Crippen MR) is 49.1 cm³/mol. The lowest BCUT2D eigenvalue weighted by Gasteiger charge is -2.00. The molecule has 0 saturated carbocycles. The molecule has 0 aliphatic carbocycles. The third-order valence-corrected chi connectivity index (χ3v) is 1.86. The molecule has 74 valence electrons. The highest BCUT2D eigenvalue weighted by Crippen LogP contribution is 2.15. The maximum absolute atomic E-state index is 10.7. The molecule has 7 nitrogen and oxygen atoms in total. The van der Waals surface area contributed by atoms with Crippen LogP contribution in [0.3, 0.4) is 0 Å². The molecule has 2 heterocycles. The number of rotatable bonds is 1. The topological polar surface area (TPSA) is 117 Å². The van der Waals surface area contributed by atoms with Gasteiger partial charge in [-0.1, -0.05) is 0 Å². The predicted octanol–water partition coefficient (Wildman–Crippen LogP) is -0.119. The molecule has 0 spiro atoms. The largest absolute Gasteiger partial charge is 0.476 e. The Balaban J connectivity index is 2.82. The minimum atomic E-state index is -1.18. The number of anilines is 1. The number of nitriles is 1. The van der Waals surface area contributed by atoms with Crippen LogP contribution in [0.4, 0.5) is 5.82 Å². The lowest BCUT2D eigenvalue weighted by molar-refractivity contribution is 0.0690. The highest BCUT2D eigenvalue weighted by atomic mass is 16.4. The van der Waals surface area contributed by atoms with Gasteiger partial charge < -0.3 is 10.8 Å². The van der Waals surface area contributed by atoms with E-state index in [0.29, 0.717) is 5.52 Å². The average molecular weight is 203 g/mol. The van der Waals surface area contributed by atoms with Crippen LogP contribution < -0.4 is 5.73 Å². The van der Waals surface area contributed by atoms with E-state index in [-0.39, 0.29) is 17.2 Å². The van der Waals surface area contributed by atoms with Crippen LogP contribution in [0.25, 0.3) is 5.52 Å². The SMILES string of the molecule is N#Cc1ncn2cc(C(=O)O)nc(N)c12. The number of carbonyl (C=O) groups is 1. The van der Waals surface area contributed by atoms with E-state index in [9.17, 15) is 4.79 Å². The number of hydrogen-bond donors (Lipinski definition) is 2. The average Bonchev–Trinajstić information content (AvgIpc) is 2.60. The van der Waals surface area contributed by atoms with Crippen molar-refractivity contribution >= 4 is 17.3 Å². The molecule has 0 fully saturated rings. The van der Waals surface area contributed by atoms with Gasteiger partial charge in [-0.3, -0.25) is 4.40 Å². The number of aromatic carboxylic acids is 1. The second-order valence-electron chi connectivity index (χ2n) is 2.78. The van der Waals surface area contributed by atoms with Gasteiger partial charge in [-0.15, -0.1) is 0 Å². The molecule has 0 aliphatic heterocycles. The van der Waals surface area contributed by atoms with E-state index in [0.717, 1.165) is 0 Å². The molecular formula is C8H5N5O2. The van der Waals surface area contributed by atoms with Gasteiger partial charge in [0.15, 0.2) is 17.2 Å².